The molecule has 0 bridgehead atoms. The zero-order valence-corrected chi connectivity index (χ0v) is 18.8. The van der Waals surface area contributed by atoms with Gasteiger partial charge in [0, 0.05) is 29.4 Å². The van der Waals surface area contributed by atoms with E-state index in [9.17, 15) is 4.79 Å². The van der Waals surface area contributed by atoms with Crippen molar-refractivity contribution in [3.63, 3.8) is 0 Å². The Kier molecular flexibility index (Phi) is 6.12. The van der Waals surface area contributed by atoms with Crippen LogP contribution >= 0.6 is 0 Å². The lowest BCUT2D eigenvalue weighted by atomic mass is 10.0. The Labute approximate surface area is 198 Å². The predicted octanol–water partition coefficient (Wildman–Crippen LogP) is 5.66. The number of hydrogen-bond donors (Lipinski definition) is 2. The first-order chi connectivity index (χ1) is 16.7. The second-order valence-electron chi connectivity index (χ2n) is 8.17. The molecule has 3 aromatic carbocycles. The second kappa shape index (κ2) is 9.67. The molecule has 0 aliphatic carbocycles. The molecule has 1 aromatic heterocycles. The number of anilines is 2. The Morgan fingerprint density at radius 3 is 2.65 bits per heavy atom. The van der Waals surface area contributed by atoms with Gasteiger partial charge in [0.2, 0.25) is 5.91 Å². The molecular formula is C28H26N4O2. The number of nitrogens with one attached hydrogen (secondary N) is 2. The van der Waals surface area contributed by atoms with E-state index >= 15 is 0 Å². The summed E-state index contributed by atoms with van der Waals surface area (Å²) in [5.41, 5.74) is 4.84. The van der Waals surface area contributed by atoms with Crippen LogP contribution in [0.4, 0.5) is 11.5 Å². The van der Waals surface area contributed by atoms with Crippen LogP contribution in [-0.2, 0) is 11.4 Å². The smallest absolute Gasteiger partial charge is 0.247 e. The monoisotopic (exact) mass is 450 g/mol. The Hall–Kier alpha value is -4.32. The lowest BCUT2D eigenvalue weighted by Crippen LogP contribution is -2.25. The van der Waals surface area contributed by atoms with Gasteiger partial charge >= 0.3 is 0 Å². The van der Waals surface area contributed by atoms with Crippen molar-refractivity contribution in [3.8, 4) is 17.0 Å². The van der Waals surface area contributed by atoms with Gasteiger partial charge in [-0.2, -0.15) is 5.10 Å². The summed E-state index contributed by atoms with van der Waals surface area (Å²) in [6.07, 6.45) is 2.14. The number of carbonyl (C=O) groups excluding carboxylic acids is 1. The number of fused-ring (bicyclic) bond motifs is 1. The summed E-state index contributed by atoms with van der Waals surface area (Å²) in [6.45, 7) is 4.92. The quantitative estimate of drug-likeness (QED) is 0.357. The van der Waals surface area contributed by atoms with Gasteiger partial charge in [0.25, 0.3) is 0 Å². The van der Waals surface area contributed by atoms with Gasteiger partial charge in [-0.3, -0.25) is 4.79 Å². The Morgan fingerprint density at radius 1 is 1.09 bits per heavy atom. The van der Waals surface area contributed by atoms with Gasteiger partial charge < -0.3 is 15.4 Å². The van der Waals surface area contributed by atoms with Gasteiger partial charge in [-0.1, -0.05) is 55.1 Å². The fraction of sp³-hybridized carbons (Fsp3) is 0.143. The molecule has 6 nitrogen and oxygen atoms in total. The molecule has 1 amide bonds. The average molecular weight is 451 g/mol. The number of hydrogen-bond acceptors (Lipinski definition) is 4. The average Bonchev–Trinajstić information content (AvgIpc) is 3.33. The minimum Gasteiger partial charge on any atom is -0.489 e. The van der Waals surface area contributed by atoms with Crippen molar-refractivity contribution < 1.29 is 9.53 Å². The van der Waals surface area contributed by atoms with Crippen LogP contribution in [0.1, 0.15) is 23.6 Å². The van der Waals surface area contributed by atoms with E-state index in [1.807, 2.05) is 83.5 Å². The van der Waals surface area contributed by atoms with Crippen LogP contribution < -0.4 is 15.4 Å². The van der Waals surface area contributed by atoms with E-state index in [-0.39, 0.29) is 11.9 Å². The minimum absolute atomic E-state index is 0.0137. The lowest BCUT2D eigenvalue weighted by Gasteiger charge is -2.27. The standard InChI is InChI=1S/C28H26N4O2/c1-2-28(33)30-24-11-7-6-10-23(24)26-16-17-29-27-18-25(31-32(26)27)21-12-14-22(15-13-21)34-19-20-8-4-3-5-9-20/h2-15,18,26,29H,1,16-17,19H2,(H,30,33). The molecule has 0 spiro atoms. The van der Waals surface area contributed by atoms with Gasteiger partial charge in [-0.25, -0.2) is 4.68 Å². The maximum atomic E-state index is 11.9. The summed E-state index contributed by atoms with van der Waals surface area (Å²) in [7, 11) is 0. The molecule has 6 heteroatoms. The molecule has 2 heterocycles. The molecule has 4 aromatic rings. The van der Waals surface area contributed by atoms with Crippen LogP contribution in [0.15, 0.2) is 97.6 Å². The van der Waals surface area contributed by atoms with E-state index in [4.69, 9.17) is 9.84 Å². The zero-order chi connectivity index (χ0) is 23.3. The Morgan fingerprint density at radius 2 is 1.85 bits per heavy atom. The van der Waals surface area contributed by atoms with Gasteiger partial charge in [0.15, 0.2) is 0 Å². The molecule has 5 rings (SSSR count). The van der Waals surface area contributed by atoms with Crippen molar-refractivity contribution in [2.45, 2.75) is 19.1 Å². The molecule has 0 radical (unpaired) electrons. The van der Waals surface area contributed by atoms with Crippen LogP contribution in [0.3, 0.4) is 0 Å². The maximum absolute atomic E-state index is 11.9. The molecule has 2 N–H and O–H groups in total. The van der Waals surface area contributed by atoms with Gasteiger partial charge in [0.05, 0.1) is 11.7 Å². The molecule has 170 valence electrons. The number of aromatic nitrogens is 2. The maximum Gasteiger partial charge on any atom is 0.247 e. The summed E-state index contributed by atoms with van der Waals surface area (Å²) in [5.74, 6) is 1.55. The van der Waals surface area contributed by atoms with E-state index in [1.54, 1.807) is 0 Å². The zero-order valence-electron chi connectivity index (χ0n) is 18.8. The highest BCUT2D eigenvalue weighted by atomic mass is 16.5. The summed E-state index contributed by atoms with van der Waals surface area (Å²) < 4.78 is 7.93. The summed E-state index contributed by atoms with van der Waals surface area (Å²) in [6, 6.07) is 28.1. The van der Waals surface area contributed by atoms with Gasteiger partial charge in [0.1, 0.15) is 18.2 Å². The first-order valence-electron chi connectivity index (χ1n) is 11.3. The summed E-state index contributed by atoms with van der Waals surface area (Å²) in [4.78, 5) is 11.9. The number of carbonyl (C=O) groups is 1. The number of para-hydroxylation sites is 1. The fourth-order valence-electron chi connectivity index (χ4n) is 4.20. The highest BCUT2D eigenvalue weighted by Crippen LogP contribution is 2.36. The highest BCUT2D eigenvalue weighted by molar-refractivity contribution is 5.99. The van der Waals surface area contributed by atoms with E-state index in [1.165, 1.54) is 6.08 Å². The van der Waals surface area contributed by atoms with Gasteiger partial charge in [-0.15, -0.1) is 0 Å². The predicted molar refractivity (Wildman–Crippen MR) is 135 cm³/mol. The van der Waals surface area contributed by atoms with Crippen LogP contribution in [-0.4, -0.2) is 22.2 Å². The van der Waals surface area contributed by atoms with Crippen molar-refractivity contribution in [1.82, 2.24) is 9.78 Å². The summed E-state index contributed by atoms with van der Waals surface area (Å²) in [5, 5.41) is 11.3. The first kappa shape index (κ1) is 21.5. The second-order valence-corrected chi connectivity index (χ2v) is 8.17. The first-order valence-corrected chi connectivity index (χ1v) is 11.3. The molecule has 1 aliphatic rings. The van der Waals surface area contributed by atoms with Crippen LogP contribution in [0.2, 0.25) is 0 Å². The van der Waals surface area contributed by atoms with Crippen molar-refractivity contribution in [3.05, 3.63) is 109 Å². The Bertz CT molecular complexity index is 1300. The van der Waals surface area contributed by atoms with Gasteiger partial charge in [-0.05, 0) is 48.4 Å². The molecule has 0 saturated heterocycles. The topological polar surface area (TPSA) is 68.2 Å². The number of rotatable bonds is 7. The van der Waals surface area contributed by atoms with Crippen molar-refractivity contribution in [1.29, 1.82) is 0 Å². The number of amides is 1. The molecule has 0 fully saturated rings. The number of ether oxygens (including phenoxy) is 1. The number of nitrogens with zero attached hydrogens (tertiary/aromatic N) is 2. The third kappa shape index (κ3) is 4.57. The van der Waals surface area contributed by atoms with Crippen LogP contribution in [0.25, 0.3) is 11.3 Å². The lowest BCUT2D eigenvalue weighted by molar-refractivity contribution is -0.111. The third-order valence-corrected chi connectivity index (χ3v) is 5.92. The molecule has 34 heavy (non-hydrogen) atoms. The fourth-order valence-corrected chi connectivity index (χ4v) is 4.20. The van der Waals surface area contributed by atoms with Crippen molar-refractivity contribution in [2.75, 3.05) is 17.2 Å². The van der Waals surface area contributed by atoms with Crippen LogP contribution in [0.5, 0.6) is 5.75 Å². The van der Waals surface area contributed by atoms with E-state index in [0.717, 1.165) is 52.6 Å². The largest absolute Gasteiger partial charge is 0.489 e. The van der Waals surface area contributed by atoms with E-state index in [0.29, 0.717) is 6.61 Å². The van der Waals surface area contributed by atoms with Crippen molar-refractivity contribution in [2.24, 2.45) is 0 Å². The SMILES string of the molecule is C=CC(=O)Nc1ccccc1C1CCNc2cc(-c3ccc(OCc4ccccc4)cc3)nn21. The third-order valence-electron chi connectivity index (χ3n) is 5.92. The molecular weight excluding hydrogens is 424 g/mol. The molecule has 1 aliphatic heterocycles. The molecule has 1 unspecified atom stereocenters. The number of benzene rings is 3. The Balaban J connectivity index is 1.37. The summed E-state index contributed by atoms with van der Waals surface area (Å²) >= 11 is 0. The molecule has 1 atom stereocenters. The van der Waals surface area contributed by atoms with E-state index < -0.39 is 0 Å². The van der Waals surface area contributed by atoms with Crippen LogP contribution in [0, 0.1) is 0 Å². The van der Waals surface area contributed by atoms with E-state index in [2.05, 4.69) is 23.3 Å². The normalized spacial score (nSPS) is 14.5. The minimum atomic E-state index is -0.225. The highest BCUT2D eigenvalue weighted by Gasteiger charge is 2.25. The van der Waals surface area contributed by atoms with Crippen molar-refractivity contribution >= 4 is 17.4 Å². The molecule has 0 saturated carbocycles.